The number of aryl methyl sites for hydroxylation is 1. The molecule has 0 bridgehead atoms. The SMILES string of the molecule is OC1c2ccccc2CCC1OC1COC1. The van der Waals surface area contributed by atoms with Crippen LogP contribution in [0.4, 0.5) is 0 Å². The molecule has 1 aromatic carbocycles. The van der Waals surface area contributed by atoms with Gasteiger partial charge in [0.15, 0.2) is 0 Å². The minimum Gasteiger partial charge on any atom is -0.386 e. The van der Waals surface area contributed by atoms with E-state index in [9.17, 15) is 5.11 Å². The fraction of sp³-hybridized carbons (Fsp3) is 0.538. The van der Waals surface area contributed by atoms with Crippen LogP contribution in [-0.4, -0.2) is 30.5 Å². The second kappa shape index (κ2) is 4.17. The maximum absolute atomic E-state index is 10.2. The van der Waals surface area contributed by atoms with Gasteiger partial charge in [-0.3, -0.25) is 0 Å². The van der Waals surface area contributed by atoms with Crippen molar-refractivity contribution in [1.82, 2.24) is 0 Å². The standard InChI is InChI=1S/C13H16O3/c14-13-11-4-2-1-3-9(11)5-6-12(13)16-10-7-15-8-10/h1-4,10,12-14H,5-8H2. The zero-order valence-corrected chi connectivity index (χ0v) is 9.13. The summed E-state index contributed by atoms with van der Waals surface area (Å²) in [7, 11) is 0. The van der Waals surface area contributed by atoms with Crippen LogP contribution >= 0.6 is 0 Å². The lowest BCUT2D eigenvalue weighted by Crippen LogP contribution is -2.42. The normalized spacial score (nSPS) is 29.6. The zero-order valence-electron chi connectivity index (χ0n) is 9.13. The Hall–Kier alpha value is -0.900. The van der Waals surface area contributed by atoms with E-state index in [0.29, 0.717) is 13.2 Å². The van der Waals surface area contributed by atoms with Crippen LogP contribution in [0.5, 0.6) is 0 Å². The molecule has 1 N–H and O–H groups in total. The molecule has 0 saturated carbocycles. The predicted octanol–water partition coefficient (Wildman–Crippen LogP) is 1.45. The topological polar surface area (TPSA) is 38.7 Å². The lowest BCUT2D eigenvalue weighted by Gasteiger charge is -2.35. The van der Waals surface area contributed by atoms with Gasteiger partial charge < -0.3 is 14.6 Å². The van der Waals surface area contributed by atoms with Crippen molar-refractivity contribution in [3.8, 4) is 0 Å². The van der Waals surface area contributed by atoms with E-state index in [0.717, 1.165) is 18.4 Å². The van der Waals surface area contributed by atoms with Gasteiger partial charge in [0.2, 0.25) is 0 Å². The number of rotatable bonds is 2. The Morgan fingerprint density at radius 2 is 2.06 bits per heavy atom. The van der Waals surface area contributed by atoms with Crippen LogP contribution in [-0.2, 0) is 15.9 Å². The first-order chi connectivity index (χ1) is 7.84. The van der Waals surface area contributed by atoms with Gasteiger partial charge in [-0.25, -0.2) is 0 Å². The third-order valence-electron chi connectivity index (χ3n) is 3.40. The van der Waals surface area contributed by atoms with Gasteiger partial charge in [-0.05, 0) is 24.0 Å². The second-order valence-corrected chi connectivity index (χ2v) is 4.52. The van der Waals surface area contributed by atoms with Gasteiger partial charge in [-0.1, -0.05) is 24.3 Å². The highest BCUT2D eigenvalue weighted by atomic mass is 16.6. The van der Waals surface area contributed by atoms with Gasteiger partial charge in [-0.2, -0.15) is 0 Å². The summed E-state index contributed by atoms with van der Waals surface area (Å²) in [6, 6.07) is 8.07. The van der Waals surface area contributed by atoms with Crippen molar-refractivity contribution in [2.24, 2.45) is 0 Å². The molecule has 3 nitrogen and oxygen atoms in total. The first-order valence-electron chi connectivity index (χ1n) is 5.83. The first-order valence-corrected chi connectivity index (χ1v) is 5.83. The fourth-order valence-electron chi connectivity index (χ4n) is 2.39. The molecule has 1 heterocycles. The Morgan fingerprint density at radius 3 is 2.81 bits per heavy atom. The van der Waals surface area contributed by atoms with Crippen LogP contribution in [0.3, 0.4) is 0 Å². The van der Waals surface area contributed by atoms with E-state index >= 15 is 0 Å². The van der Waals surface area contributed by atoms with E-state index in [1.807, 2.05) is 18.2 Å². The summed E-state index contributed by atoms with van der Waals surface area (Å²) >= 11 is 0. The first kappa shape index (κ1) is 10.3. The summed E-state index contributed by atoms with van der Waals surface area (Å²) in [5, 5.41) is 10.2. The molecule has 1 fully saturated rings. The van der Waals surface area contributed by atoms with E-state index in [-0.39, 0.29) is 12.2 Å². The Balaban J connectivity index is 1.75. The Labute approximate surface area is 95.0 Å². The smallest absolute Gasteiger partial charge is 0.105 e. The highest BCUT2D eigenvalue weighted by Gasteiger charge is 2.32. The van der Waals surface area contributed by atoms with Gasteiger partial charge in [0.05, 0.1) is 19.3 Å². The van der Waals surface area contributed by atoms with Crippen molar-refractivity contribution in [2.45, 2.75) is 31.2 Å². The molecule has 1 saturated heterocycles. The molecule has 2 unspecified atom stereocenters. The van der Waals surface area contributed by atoms with E-state index in [1.54, 1.807) is 0 Å². The van der Waals surface area contributed by atoms with Gasteiger partial charge in [0.25, 0.3) is 0 Å². The van der Waals surface area contributed by atoms with Crippen LogP contribution in [0, 0.1) is 0 Å². The van der Waals surface area contributed by atoms with E-state index in [2.05, 4.69) is 6.07 Å². The van der Waals surface area contributed by atoms with Crippen molar-refractivity contribution in [3.63, 3.8) is 0 Å². The van der Waals surface area contributed by atoms with Gasteiger partial charge in [0.1, 0.15) is 12.2 Å². The Morgan fingerprint density at radius 1 is 1.25 bits per heavy atom. The molecule has 2 atom stereocenters. The molecule has 3 rings (SSSR count). The predicted molar refractivity (Wildman–Crippen MR) is 59.2 cm³/mol. The summed E-state index contributed by atoms with van der Waals surface area (Å²) in [6.45, 7) is 1.34. The van der Waals surface area contributed by atoms with Gasteiger partial charge in [0, 0.05) is 0 Å². The van der Waals surface area contributed by atoms with Crippen LogP contribution in [0.25, 0.3) is 0 Å². The minimum atomic E-state index is -0.481. The molecule has 0 spiro atoms. The molecule has 0 amide bonds. The Bertz CT molecular complexity index is 373. The molecule has 0 aromatic heterocycles. The number of fused-ring (bicyclic) bond motifs is 1. The third-order valence-corrected chi connectivity index (χ3v) is 3.40. The monoisotopic (exact) mass is 220 g/mol. The molecule has 1 aliphatic carbocycles. The second-order valence-electron chi connectivity index (χ2n) is 4.52. The third kappa shape index (κ3) is 1.75. The zero-order chi connectivity index (χ0) is 11.0. The number of hydrogen-bond donors (Lipinski definition) is 1. The molecule has 16 heavy (non-hydrogen) atoms. The molecular weight excluding hydrogens is 204 g/mol. The molecular formula is C13H16O3. The summed E-state index contributed by atoms with van der Waals surface area (Å²) < 4.78 is 10.9. The van der Waals surface area contributed by atoms with Crippen molar-refractivity contribution in [2.75, 3.05) is 13.2 Å². The lowest BCUT2D eigenvalue weighted by molar-refractivity contribution is -0.179. The number of aliphatic hydroxyl groups excluding tert-OH is 1. The van der Waals surface area contributed by atoms with Crippen LogP contribution in [0.1, 0.15) is 23.7 Å². The quantitative estimate of drug-likeness (QED) is 0.820. The molecule has 1 aliphatic heterocycles. The van der Waals surface area contributed by atoms with Crippen molar-refractivity contribution in [1.29, 1.82) is 0 Å². The van der Waals surface area contributed by atoms with Crippen molar-refractivity contribution in [3.05, 3.63) is 35.4 Å². The van der Waals surface area contributed by atoms with Crippen LogP contribution in [0.15, 0.2) is 24.3 Å². The van der Waals surface area contributed by atoms with E-state index < -0.39 is 6.10 Å². The van der Waals surface area contributed by atoms with E-state index in [1.165, 1.54) is 5.56 Å². The largest absolute Gasteiger partial charge is 0.386 e. The van der Waals surface area contributed by atoms with Crippen LogP contribution in [0.2, 0.25) is 0 Å². The molecule has 0 radical (unpaired) electrons. The average Bonchev–Trinajstić information content (AvgIpc) is 2.26. The highest BCUT2D eigenvalue weighted by molar-refractivity contribution is 5.32. The van der Waals surface area contributed by atoms with Crippen LogP contribution < -0.4 is 0 Å². The summed E-state index contributed by atoms with van der Waals surface area (Å²) in [4.78, 5) is 0. The maximum atomic E-state index is 10.2. The number of ether oxygens (including phenoxy) is 2. The number of hydrogen-bond acceptors (Lipinski definition) is 3. The number of benzene rings is 1. The Kier molecular flexibility index (Phi) is 2.67. The molecule has 86 valence electrons. The van der Waals surface area contributed by atoms with Crippen molar-refractivity contribution < 1.29 is 14.6 Å². The maximum Gasteiger partial charge on any atom is 0.105 e. The highest BCUT2D eigenvalue weighted by Crippen LogP contribution is 2.32. The number of aliphatic hydroxyl groups is 1. The fourth-order valence-corrected chi connectivity index (χ4v) is 2.39. The lowest BCUT2D eigenvalue weighted by atomic mass is 9.87. The summed E-state index contributed by atoms with van der Waals surface area (Å²) in [5.41, 5.74) is 2.28. The van der Waals surface area contributed by atoms with Crippen molar-refractivity contribution >= 4 is 0 Å². The minimum absolute atomic E-state index is 0.0659. The molecule has 1 aromatic rings. The summed E-state index contributed by atoms with van der Waals surface area (Å²) in [5.74, 6) is 0. The van der Waals surface area contributed by atoms with Gasteiger partial charge >= 0.3 is 0 Å². The summed E-state index contributed by atoms with van der Waals surface area (Å²) in [6.07, 6.45) is 1.53. The van der Waals surface area contributed by atoms with E-state index in [4.69, 9.17) is 9.47 Å². The average molecular weight is 220 g/mol. The molecule has 3 heteroatoms. The van der Waals surface area contributed by atoms with Gasteiger partial charge in [-0.15, -0.1) is 0 Å². The molecule has 2 aliphatic rings.